The van der Waals surface area contributed by atoms with Crippen LogP contribution < -0.4 is 16.0 Å². The number of nitrogen functional groups attached to an aromatic ring is 1. The third-order valence-corrected chi connectivity index (χ3v) is 4.00. The van der Waals surface area contributed by atoms with Gasteiger partial charge in [-0.25, -0.2) is 14.6 Å². The number of nitrogens with zero attached hydrogens (tertiary/aromatic N) is 4. The van der Waals surface area contributed by atoms with E-state index >= 15 is 0 Å². The first-order chi connectivity index (χ1) is 13.0. The molecule has 3 aromatic rings. The van der Waals surface area contributed by atoms with Crippen molar-refractivity contribution in [3.05, 3.63) is 52.9 Å². The van der Waals surface area contributed by atoms with E-state index in [4.69, 9.17) is 10.5 Å². The standard InChI is InChI=1S/C20H23N5O2/c1-4-11-27-15-7-5-14(6-8-15)19-16(12-22-20(21)23-19)17-9-10-18(26)25(24-17)13(2)3/h5-10,12-13H,4,11H2,1-3H3,(H2,21,22,23). The van der Waals surface area contributed by atoms with Crippen LogP contribution in [-0.2, 0) is 0 Å². The van der Waals surface area contributed by atoms with Gasteiger partial charge in [0.1, 0.15) is 5.75 Å². The minimum absolute atomic E-state index is 0.0504. The molecule has 3 rings (SSSR count). The van der Waals surface area contributed by atoms with E-state index in [0.29, 0.717) is 23.6 Å². The van der Waals surface area contributed by atoms with Crippen LogP contribution in [0.25, 0.3) is 22.5 Å². The number of rotatable bonds is 6. The van der Waals surface area contributed by atoms with Gasteiger partial charge in [-0.05, 0) is 50.6 Å². The zero-order valence-corrected chi connectivity index (χ0v) is 15.7. The van der Waals surface area contributed by atoms with Crippen molar-refractivity contribution in [1.29, 1.82) is 0 Å². The van der Waals surface area contributed by atoms with Crippen LogP contribution in [0.2, 0.25) is 0 Å². The molecule has 7 heteroatoms. The number of aromatic nitrogens is 4. The van der Waals surface area contributed by atoms with E-state index in [1.54, 1.807) is 12.3 Å². The number of hydrogen-bond donors (Lipinski definition) is 1. The average molecular weight is 365 g/mol. The normalized spacial score (nSPS) is 11.0. The molecule has 0 saturated carbocycles. The Balaban J connectivity index is 2.06. The minimum Gasteiger partial charge on any atom is -0.494 e. The summed E-state index contributed by atoms with van der Waals surface area (Å²) in [7, 11) is 0. The predicted molar refractivity (Wildman–Crippen MR) is 106 cm³/mol. The van der Waals surface area contributed by atoms with Crippen LogP contribution in [0.1, 0.15) is 33.2 Å². The van der Waals surface area contributed by atoms with E-state index in [2.05, 4.69) is 22.0 Å². The summed E-state index contributed by atoms with van der Waals surface area (Å²) in [6.45, 7) is 6.56. The summed E-state index contributed by atoms with van der Waals surface area (Å²) in [5.41, 5.74) is 8.52. The Labute approximate surface area is 157 Å². The van der Waals surface area contributed by atoms with Crippen LogP contribution in [0.3, 0.4) is 0 Å². The number of nitrogens with two attached hydrogens (primary N) is 1. The van der Waals surface area contributed by atoms with Crippen LogP contribution in [0, 0.1) is 0 Å². The highest BCUT2D eigenvalue weighted by atomic mass is 16.5. The van der Waals surface area contributed by atoms with Gasteiger partial charge in [-0.2, -0.15) is 5.10 Å². The van der Waals surface area contributed by atoms with E-state index in [1.807, 2.05) is 38.1 Å². The van der Waals surface area contributed by atoms with Crippen molar-refractivity contribution in [3.63, 3.8) is 0 Å². The lowest BCUT2D eigenvalue weighted by atomic mass is 10.0. The molecule has 0 saturated heterocycles. The van der Waals surface area contributed by atoms with Crippen LogP contribution in [0.5, 0.6) is 5.75 Å². The summed E-state index contributed by atoms with van der Waals surface area (Å²) in [5.74, 6) is 0.980. The highest BCUT2D eigenvalue weighted by Gasteiger charge is 2.14. The Morgan fingerprint density at radius 3 is 2.56 bits per heavy atom. The van der Waals surface area contributed by atoms with Gasteiger partial charge < -0.3 is 10.5 Å². The third-order valence-electron chi connectivity index (χ3n) is 4.00. The highest BCUT2D eigenvalue weighted by molar-refractivity contribution is 5.79. The first-order valence-electron chi connectivity index (χ1n) is 8.95. The van der Waals surface area contributed by atoms with Crippen molar-refractivity contribution in [2.24, 2.45) is 0 Å². The molecule has 0 aliphatic carbocycles. The van der Waals surface area contributed by atoms with Gasteiger partial charge in [-0.15, -0.1) is 0 Å². The third kappa shape index (κ3) is 4.13. The predicted octanol–water partition coefficient (Wildman–Crippen LogP) is 3.32. The maximum absolute atomic E-state index is 12.0. The Morgan fingerprint density at radius 2 is 1.89 bits per heavy atom. The van der Waals surface area contributed by atoms with Crippen LogP contribution in [0.4, 0.5) is 5.95 Å². The van der Waals surface area contributed by atoms with Gasteiger partial charge in [0.2, 0.25) is 5.95 Å². The number of anilines is 1. The summed E-state index contributed by atoms with van der Waals surface area (Å²) in [5, 5.41) is 4.47. The molecular weight excluding hydrogens is 342 g/mol. The lowest BCUT2D eigenvalue weighted by Crippen LogP contribution is -2.24. The molecule has 1 aromatic carbocycles. The summed E-state index contributed by atoms with van der Waals surface area (Å²) >= 11 is 0. The lowest BCUT2D eigenvalue weighted by Gasteiger charge is -2.13. The molecule has 0 aliphatic heterocycles. The van der Waals surface area contributed by atoms with E-state index in [0.717, 1.165) is 17.7 Å². The van der Waals surface area contributed by atoms with Gasteiger partial charge in [0.25, 0.3) is 5.56 Å². The monoisotopic (exact) mass is 365 g/mol. The summed E-state index contributed by atoms with van der Waals surface area (Å²) in [4.78, 5) is 20.5. The molecule has 140 valence electrons. The van der Waals surface area contributed by atoms with Crippen molar-refractivity contribution in [2.75, 3.05) is 12.3 Å². The zero-order chi connectivity index (χ0) is 19.4. The first kappa shape index (κ1) is 18.6. The molecule has 0 spiro atoms. The molecule has 0 aliphatic rings. The van der Waals surface area contributed by atoms with Gasteiger partial charge in [0.05, 0.1) is 24.0 Å². The Bertz CT molecular complexity index is 980. The van der Waals surface area contributed by atoms with Gasteiger partial charge in [-0.3, -0.25) is 4.79 Å². The fraction of sp³-hybridized carbons (Fsp3) is 0.300. The van der Waals surface area contributed by atoms with Crippen molar-refractivity contribution >= 4 is 5.95 Å². The number of hydrogen-bond acceptors (Lipinski definition) is 6. The molecule has 0 amide bonds. The van der Waals surface area contributed by atoms with Crippen molar-refractivity contribution in [1.82, 2.24) is 19.7 Å². The van der Waals surface area contributed by atoms with Gasteiger partial charge in [0.15, 0.2) is 0 Å². The SMILES string of the molecule is CCCOc1ccc(-c2nc(N)ncc2-c2ccc(=O)n(C(C)C)n2)cc1. The fourth-order valence-corrected chi connectivity index (χ4v) is 2.67. The Kier molecular flexibility index (Phi) is 5.49. The van der Waals surface area contributed by atoms with E-state index in [1.165, 1.54) is 10.7 Å². The smallest absolute Gasteiger partial charge is 0.267 e. The Hall–Kier alpha value is -3.22. The molecule has 0 radical (unpaired) electrons. The van der Waals surface area contributed by atoms with Gasteiger partial charge in [-0.1, -0.05) is 6.92 Å². The second kappa shape index (κ2) is 7.99. The zero-order valence-electron chi connectivity index (χ0n) is 15.7. The largest absolute Gasteiger partial charge is 0.494 e. The van der Waals surface area contributed by atoms with Gasteiger partial charge in [0, 0.05) is 23.4 Å². The fourth-order valence-electron chi connectivity index (χ4n) is 2.67. The molecule has 2 N–H and O–H groups in total. The van der Waals surface area contributed by atoms with Crippen LogP contribution >= 0.6 is 0 Å². The molecule has 2 aromatic heterocycles. The summed E-state index contributed by atoms with van der Waals surface area (Å²) in [6.07, 6.45) is 2.59. The summed E-state index contributed by atoms with van der Waals surface area (Å²) in [6, 6.07) is 10.8. The second-order valence-electron chi connectivity index (χ2n) is 6.46. The molecule has 27 heavy (non-hydrogen) atoms. The summed E-state index contributed by atoms with van der Waals surface area (Å²) < 4.78 is 7.07. The molecule has 0 fully saturated rings. The van der Waals surface area contributed by atoms with Crippen molar-refractivity contribution in [2.45, 2.75) is 33.2 Å². The lowest BCUT2D eigenvalue weighted by molar-refractivity contribution is 0.317. The average Bonchev–Trinajstić information content (AvgIpc) is 2.67. The second-order valence-corrected chi connectivity index (χ2v) is 6.46. The molecular formula is C20H23N5O2. The molecule has 0 atom stereocenters. The highest BCUT2D eigenvalue weighted by Crippen LogP contribution is 2.30. The Morgan fingerprint density at radius 1 is 1.15 bits per heavy atom. The van der Waals surface area contributed by atoms with Crippen molar-refractivity contribution < 1.29 is 4.74 Å². The van der Waals surface area contributed by atoms with Crippen molar-refractivity contribution in [3.8, 4) is 28.3 Å². The van der Waals surface area contributed by atoms with E-state index in [9.17, 15) is 4.79 Å². The quantitative estimate of drug-likeness (QED) is 0.720. The van der Waals surface area contributed by atoms with E-state index in [-0.39, 0.29) is 17.5 Å². The molecule has 0 unspecified atom stereocenters. The van der Waals surface area contributed by atoms with Crippen LogP contribution in [0.15, 0.2) is 47.4 Å². The number of benzene rings is 1. The van der Waals surface area contributed by atoms with Crippen LogP contribution in [-0.4, -0.2) is 26.4 Å². The van der Waals surface area contributed by atoms with Gasteiger partial charge >= 0.3 is 0 Å². The maximum Gasteiger partial charge on any atom is 0.267 e. The molecule has 0 bridgehead atoms. The number of ether oxygens (including phenoxy) is 1. The maximum atomic E-state index is 12.0. The first-order valence-corrected chi connectivity index (χ1v) is 8.95. The van der Waals surface area contributed by atoms with E-state index < -0.39 is 0 Å². The minimum atomic E-state index is -0.149. The topological polar surface area (TPSA) is 95.9 Å². The molecule has 7 nitrogen and oxygen atoms in total. The molecule has 2 heterocycles.